The van der Waals surface area contributed by atoms with Gasteiger partial charge in [-0.1, -0.05) is 91.5 Å². The van der Waals surface area contributed by atoms with E-state index in [2.05, 4.69) is 6.58 Å². The Labute approximate surface area is 160 Å². The number of rotatable bonds is 6. The molecule has 0 spiro atoms. The Morgan fingerprint density at radius 3 is 1.93 bits per heavy atom. The van der Waals surface area contributed by atoms with E-state index in [0.717, 1.165) is 22.3 Å². The first kappa shape index (κ1) is 18.6. The van der Waals surface area contributed by atoms with Gasteiger partial charge in [-0.05, 0) is 29.2 Å². The van der Waals surface area contributed by atoms with Crippen molar-refractivity contribution in [1.82, 2.24) is 0 Å². The van der Waals surface area contributed by atoms with Gasteiger partial charge in [-0.25, -0.2) is 4.79 Å². The van der Waals surface area contributed by atoms with E-state index >= 15 is 0 Å². The Balaban J connectivity index is 2.20. The van der Waals surface area contributed by atoms with E-state index in [1.165, 1.54) is 6.08 Å². The monoisotopic (exact) mass is 357 g/mol. The van der Waals surface area contributed by atoms with Crippen LogP contribution in [0.2, 0.25) is 0 Å². The molecule has 1 unspecified atom stereocenters. The number of hydrogen-bond donors (Lipinski definition) is 1. The van der Waals surface area contributed by atoms with Crippen LogP contribution < -0.4 is 5.73 Å². The second kappa shape index (κ2) is 8.02. The number of carbonyl (C=O) groups is 1. The zero-order valence-electron chi connectivity index (χ0n) is 15.3. The van der Waals surface area contributed by atoms with E-state index in [1.54, 1.807) is 0 Å². The molecule has 0 amide bonds. The molecule has 1 atom stereocenters. The summed E-state index contributed by atoms with van der Waals surface area (Å²) in [6, 6.07) is 27.7. The molecule has 0 heterocycles. The van der Waals surface area contributed by atoms with Gasteiger partial charge in [-0.15, -0.1) is 0 Å². The number of ether oxygens (including phenoxy) is 1. The third-order valence-electron chi connectivity index (χ3n) is 4.74. The highest BCUT2D eigenvalue weighted by atomic mass is 16.5. The van der Waals surface area contributed by atoms with Crippen molar-refractivity contribution in [3.63, 3.8) is 0 Å². The average molecular weight is 357 g/mol. The first-order valence-corrected chi connectivity index (χ1v) is 8.89. The molecule has 0 saturated heterocycles. The molecule has 3 nitrogen and oxygen atoms in total. The van der Waals surface area contributed by atoms with E-state index in [0.29, 0.717) is 0 Å². The zero-order valence-corrected chi connectivity index (χ0v) is 15.3. The van der Waals surface area contributed by atoms with Crippen molar-refractivity contribution in [2.75, 3.05) is 0 Å². The second-order valence-electron chi connectivity index (χ2n) is 6.41. The van der Waals surface area contributed by atoms with E-state index in [4.69, 9.17) is 10.5 Å². The highest BCUT2D eigenvalue weighted by Crippen LogP contribution is 2.38. The van der Waals surface area contributed by atoms with Crippen molar-refractivity contribution in [3.05, 3.63) is 120 Å². The quantitative estimate of drug-likeness (QED) is 0.394. The van der Waals surface area contributed by atoms with Crippen LogP contribution in [-0.4, -0.2) is 5.97 Å². The van der Waals surface area contributed by atoms with Crippen LogP contribution in [0.4, 0.5) is 0 Å². The molecule has 0 radical (unpaired) electrons. The van der Waals surface area contributed by atoms with Crippen LogP contribution in [0.25, 0.3) is 0 Å². The molecule has 0 aliphatic rings. The number of benzene rings is 3. The predicted molar refractivity (Wildman–Crippen MR) is 108 cm³/mol. The predicted octanol–water partition coefficient (Wildman–Crippen LogP) is 4.73. The van der Waals surface area contributed by atoms with E-state index in [1.807, 2.05) is 91.9 Å². The standard InChI is InChI=1S/C24H23NO2/c1-3-23(26)27-18(2)21-16-10-11-17-22(21)24(25,19-12-6-4-7-13-19)20-14-8-5-9-15-20/h3-18H,1,25H2,2H3. The number of esters is 1. The summed E-state index contributed by atoms with van der Waals surface area (Å²) in [5, 5.41) is 0. The van der Waals surface area contributed by atoms with Crippen LogP contribution in [0, 0.1) is 0 Å². The van der Waals surface area contributed by atoms with Crippen LogP contribution in [-0.2, 0) is 15.1 Å². The largest absolute Gasteiger partial charge is 0.455 e. The van der Waals surface area contributed by atoms with Crippen molar-refractivity contribution >= 4 is 5.97 Å². The van der Waals surface area contributed by atoms with Crippen molar-refractivity contribution in [2.45, 2.75) is 18.6 Å². The lowest BCUT2D eigenvalue weighted by molar-refractivity contribution is -0.142. The van der Waals surface area contributed by atoms with Crippen LogP contribution in [0.5, 0.6) is 0 Å². The molecule has 3 aromatic rings. The topological polar surface area (TPSA) is 52.3 Å². The highest BCUT2D eigenvalue weighted by molar-refractivity contribution is 5.81. The minimum absolute atomic E-state index is 0.456. The lowest BCUT2D eigenvalue weighted by Crippen LogP contribution is -2.40. The first-order chi connectivity index (χ1) is 13.1. The molecular weight excluding hydrogens is 334 g/mol. The third-order valence-corrected chi connectivity index (χ3v) is 4.74. The molecule has 0 saturated carbocycles. The molecule has 0 fully saturated rings. The molecule has 0 bridgehead atoms. The summed E-state index contributed by atoms with van der Waals surface area (Å²) in [5.74, 6) is -0.459. The van der Waals surface area contributed by atoms with E-state index in [-0.39, 0.29) is 0 Å². The van der Waals surface area contributed by atoms with Gasteiger partial charge in [0.25, 0.3) is 0 Å². The van der Waals surface area contributed by atoms with Gasteiger partial charge in [0.1, 0.15) is 6.10 Å². The maximum absolute atomic E-state index is 11.7. The fourth-order valence-electron chi connectivity index (χ4n) is 3.38. The fraction of sp³-hybridized carbons (Fsp3) is 0.125. The summed E-state index contributed by atoms with van der Waals surface area (Å²) in [6.07, 6.45) is 0.713. The normalized spacial score (nSPS) is 12.2. The van der Waals surface area contributed by atoms with Crippen LogP contribution >= 0.6 is 0 Å². The summed E-state index contributed by atoms with van der Waals surface area (Å²) in [5.41, 5.74) is 9.91. The molecule has 2 N–H and O–H groups in total. The summed E-state index contributed by atoms with van der Waals surface area (Å²) in [7, 11) is 0. The van der Waals surface area contributed by atoms with E-state index in [9.17, 15) is 4.79 Å². The molecule has 0 aromatic heterocycles. The lowest BCUT2D eigenvalue weighted by atomic mass is 9.75. The SMILES string of the molecule is C=CC(=O)OC(C)c1ccccc1C(N)(c1ccccc1)c1ccccc1. The second-order valence-corrected chi connectivity index (χ2v) is 6.41. The average Bonchev–Trinajstić information content (AvgIpc) is 2.74. The molecule has 136 valence electrons. The number of nitrogens with two attached hydrogens (primary N) is 1. The van der Waals surface area contributed by atoms with Gasteiger partial charge < -0.3 is 10.5 Å². The van der Waals surface area contributed by atoms with Gasteiger partial charge in [-0.2, -0.15) is 0 Å². The smallest absolute Gasteiger partial charge is 0.330 e. The van der Waals surface area contributed by atoms with Gasteiger partial charge in [0.05, 0.1) is 5.54 Å². The lowest BCUT2D eigenvalue weighted by Gasteiger charge is -2.34. The Morgan fingerprint density at radius 2 is 1.41 bits per heavy atom. The molecule has 3 heteroatoms. The summed E-state index contributed by atoms with van der Waals surface area (Å²) in [4.78, 5) is 11.7. The summed E-state index contributed by atoms with van der Waals surface area (Å²) < 4.78 is 5.48. The van der Waals surface area contributed by atoms with Crippen LogP contribution in [0.15, 0.2) is 97.6 Å². The van der Waals surface area contributed by atoms with Gasteiger partial charge in [-0.3, -0.25) is 0 Å². The fourth-order valence-corrected chi connectivity index (χ4v) is 3.38. The van der Waals surface area contributed by atoms with Gasteiger partial charge in [0.2, 0.25) is 0 Å². The maximum Gasteiger partial charge on any atom is 0.330 e. The summed E-state index contributed by atoms with van der Waals surface area (Å²) in [6.45, 7) is 5.32. The Bertz CT molecular complexity index is 880. The first-order valence-electron chi connectivity index (χ1n) is 8.89. The minimum Gasteiger partial charge on any atom is -0.455 e. The van der Waals surface area contributed by atoms with Crippen LogP contribution in [0.3, 0.4) is 0 Å². The van der Waals surface area contributed by atoms with E-state index < -0.39 is 17.6 Å². The van der Waals surface area contributed by atoms with Gasteiger partial charge in [0, 0.05) is 6.08 Å². The molecule has 0 aliphatic heterocycles. The Morgan fingerprint density at radius 1 is 0.926 bits per heavy atom. The zero-order chi connectivity index (χ0) is 19.3. The highest BCUT2D eigenvalue weighted by Gasteiger charge is 2.35. The van der Waals surface area contributed by atoms with Crippen LogP contribution in [0.1, 0.15) is 35.3 Å². The molecule has 3 aromatic carbocycles. The molecule has 3 rings (SSSR count). The molecule has 27 heavy (non-hydrogen) atoms. The number of hydrogen-bond acceptors (Lipinski definition) is 3. The molecular formula is C24H23NO2. The summed E-state index contributed by atoms with van der Waals surface area (Å²) >= 11 is 0. The molecule has 0 aliphatic carbocycles. The Hall–Kier alpha value is -3.17. The van der Waals surface area contributed by atoms with Crippen molar-refractivity contribution in [1.29, 1.82) is 0 Å². The van der Waals surface area contributed by atoms with Crippen molar-refractivity contribution < 1.29 is 9.53 Å². The van der Waals surface area contributed by atoms with Gasteiger partial charge >= 0.3 is 5.97 Å². The number of carbonyl (C=O) groups excluding carboxylic acids is 1. The maximum atomic E-state index is 11.7. The minimum atomic E-state index is -0.881. The van der Waals surface area contributed by atoms with Crippen molar-refractivity contribution in [3.8, 4) is 0 Å². The van der Waals surface area contributed by atoms with Crippen molar-refractivity contribution in [2.24, 2.45) is 5.73 Å². The van der Waals surface area contributed by atoms with Gasteiger partial charge in [0.15, 0.2) is 0 Å². The third kappa shape index (κ3) is 3.69. The Kier molecular flexibility index (Phi) is 5.53.